The van der Waals surface area contributed by atoms with Gasteiger partial charge >= 0.3 is 5.69 Å². The molecule has 1 N–H and O–H groups in total. The molecular formula is C23H39N5O3S. The molecule has 0 fully saturated rings. The number of hydrogen-bond donors (Lipinski definition) is 1. The normalized spacial score (nSPS) is 12.4. The molecule has 8 nitrogen and oxygen atoms in total. The van der Waals surface area contributed by atoms with E-state index in [1.165, 1.54) is 9.13 Å². The summed E-state index contributed by atoms with van der Waals surface area (Å²) in [5.41, 5.74) is 0.339. The number of fused-ring (bicyclic) bond motifs is 1. The van der Waals surface area contributed by atoms with Crippen LogP contribution in [0.2, 0.25) is 0 Å². The van der Waals surface area contributed by atoms with Gasteiger partial charge in [-0.25, -0.2) is 9.78 Å². The highest BCUT2D eigenvalue weighted by atomic mass is 32.2. The van der Waals surface area contributed by atoms with Crippen molar-refractivity contribution in [3.05, 3.63) is 27.2 Å². The molecule has 0 aromatic carbocycles. The minimum absolute atomic E-state index is 0.171. The van der Waals surface area contributed by atoms with Crippen molar-refractivity contribution in [1.82, 2.24) is 24.0 Å². The third-order valence-electron chi connectivity index (χ3n) is 5.90. The zero-order valence-electron chi connectivity index (χ0n) is 20.1. The zero-order chi connectivity index (χ0) is 23.5. The van der Waals surface area contributed by atoms with E-state index in [0.29, 0.717) is 24.1 Å². The Morgan fingerprint density at radius 2 is 1.69 bits per heavy atom. The highest BCUT2D eigenvalue weighted by Gasteiger charge is 2.14. The van der Waals surface area contributed by atoms with Gasteiger partial charge in [-0.1, -0.05) is 38.5 Å². The minimum Gasteiger partial charge on any atom is -0.354 e. The van der Waals surface area contributed by atoms with E-state index in [-0.39, 0.29) is 23.2 Å². The van der Waals surface area contributed by atoms with Crippen molar-refractivity contribution in [3.8, 4) is 0 Å². The van der Waals surface area contributed by atoms with Crippen molar-refractivity contribution >= 4 is 28.8 Å². The predicted octanol–water partition coefficient (Wildman–Crippen LogP) is 3.20. The van der Waals surface area contributed by atoms with Gasteiger partial charge in [-0.05, 0) is 38.2 Å². The summed E-state index contributed by atoms with van der Waals surface area (Å²) in [6, 6.07) is 0.261. The van der Waals surface area contributed by atoms with E-state index in [1.54, 1.807) is 25.0 Å². The molecule has 0 saturated heterocycles. The van der Waals surface area contributed by atoms with Crippen LogP contribution < -0.4 is 16.6 Å². The summed E-state index contributed by atoms with van der Waals surface area (Å²) >= 11 is 1.81. The van der Waals surface area contributed by atoms with Crippen molar-refractivity contribution in [2.75, 3.05) is 12.0 Å². The molecule has 2 rings (SSSR count). The van der Waals surface area contributed by atoms with E-state index in [2.05, 4.69) is 23.5 Å². The topological polar surface area (TPSA) is 90.9 Å². The van der Waals surface area contributed by atoms with Gasteiger partial charge in [0.25, 0.3) is 5.56 Å². The maximum Gasteiger partial charge on any atom is 0.332 e. The van der Waals surface area contributed by atoms with Gasteiger partial charge in [-0.2, -0.15) is 11.8 Å². The van der Waals surface area contributed by atoms with Gasteiger partial charge in [0.1, 0.15) is 0 Å². The number of thioether (sulfide) groups is 1. The summed E-state index contributed by atoms with van der Waals surface area (Å²) in [4.78, 5) is 41.2. The number of carbonyl (C=O) groups is 1. The Labute approximate surface area is 194 Å². The molecular weight excluding hydrogens is 426 g/mol. The standard InChI is InChI=1S/C23H39N5O3S/c1-18(14-16-32-4)25-19(29)13-11-9-7-5-6-8-10-12-15-28-22(30)20-21(24-17-26(20)2)27(3)23(28)31/h17-18H,5-16H2,1-4H3,(H,25,29). The number of rotatable bonds is 15. The van der Waals surface area contributed by atoms with Gasteiger partial charge in [0.2, 0.25) is 5.91 Å². The van der Waals surface area contributed by atoms with Crippen molar-refractivity contribution in [1.29, 1.82) is 0 Å². The third kappa shape index (κ3) is 7.53. The summed E-state index contributed by atoms with van der Waals surface area (Å²) in [5, 5.41) is 3.07. The molecule has 2 heterocycles. The van der Waals surface area contributed by atoms with Crippen molar-refractivity contribution in [2.45, 2.75) is 83.7 Å². The van der Waals surface area contributed by atoms with E-state index < -0.39 is 0 Å². The fourth-order valence-electron chi connectivity index (χ4n) is 3.92. The molecule has 0 bridgehead atoms. The fraction of sp³-hybridized carbons (Fsp3) is 0.739. The Morgan fingerprint density at radius 3 is 2.34 bits per heavy atom. The van der Waals surface area contributed by atoms with E-state index >= 15 is 0 Å². The van der Waals surface area contributed by atoms with E-state index in [1.807, 2.05) is 11.8 Å². The average molecular weight is 466 g/mol. The molecule has 1 amide bonds. The molecule has 2 aromatic heterocycles. The molecule has 0 radical (unpaired) electrons. The smallest absolute Gasteiger partial charge is 0.332 e. The second-order valence-corrected chi connectivity index (χ2v) is 9.64. The lowest BCUT2D eigenvalue weighted by atomic mass is 10.1. The Morgan fingerprint density at radius 1 is 1.06 bits per heavy atom. The molecule has 1 atom stereocenters. The van der Waals surface area contributed by atoms with E-state index in [9.17, 15) is 14.4 Å². The Balaban J connectivity index is 1.58. The highest BCUT2D eigenvalue weighted by Crippen LogP contribution is 2.11. The maximum absolute atomic E-state index is 12.7. The van der Waals surface area contributed by atoms with E-state index in [0.717, 1.165) is 63.5 Å². The Kier molecular flexibility index (Phi) is 11.1. The molecule has 2 aromatic rings. The first-order valence-electron chi connectivity index (χ1n) is 11.8. The van der Waals surface area contributed by atoms with Crippen molar-refractivity contribution in [2.24, 2.45) is 14.1 Å². The third-order valence-corrected chi connectivity index (χ3v) is 6.54. The van der Waals surface area contributed by atoms with Gasteiger partial charge in [0, 0.05) is 33.1 Å². The van der Waals surface area contributed by atoms with Crippen LogP contribution in [0.25, 0.3) is 11.2 Å². The summed E-state index contributed by atoms with van der Waals surface area (Å²) in [5.74, 6) is 1.25. The first-order chi connectivity index (χ1) is 15.4. The SMILES string of the molecule is CSCCC(C)NC(=O)CCCCCCCCCCn1c(=O)c2c(ncn2C)n(C)c1=O. The van der Waals surface area contributed by atoms with Crippen LogP contribution in [0.3, 0.4) is 0 Å². The average Bonchev–Trinajstić information content (AvgIpc) is 3.15. The van der Waals surface area contributed by atoms with Gasteiger partial charge in [-0.15, -0.1) is 0 Å². The minimum atomic E-state index is -0.302. The number of unbranched alkanes of at least 4 members (excludes halogenated alkanes) is 7. The lowest BCUT2D eigenvalue weighted by Crippen LogP contribution is -2.39. The van der Waals surface area contributed by atoms with Gasteiger partial charge in [0.15, 0.2) is 11.2 Å². The quantitative estimate of drug-likeness (QED) is 0.408. The number of hydrogen-bond acceptors (Lipinski definition) is 5. The summed E-state index contributed by atoms with van der Waals surface area (Å²) < 4.78 is 4.45. The zero-order valence-corrected chi connectivity index (χ0v) is 20.9. The van der Waals surface area contributed by atoms with Gasteiger partial charge < -0.3 is 9.88 Å². The van der Waals surface area contributed by atoms with E-state index in [4.69, 9.17) is 0 Å². The lowest BCUT2D eigenvalue weighted by molar-refractivity contribution is -0.121. The second-order valence-electron chi connectivity index (χ2n) is 8.65. The fourth-order valence-corrected chi connectivity index (χ4v) is 4.51. The molecule has 0 spiro atoms. The van der Waals surface area contributed by atoms with Crippen LogP contribution in [-0.4, -0.2) is 42.6 Å². The number of nitrogens with one attached hydrogen (secondary N) is 1. The molecule has 1 unspecified atom stereocenters. The van der Waals surface area contributed by atoms with Crippen LogP contribution in [0.4, 0.5) is 0 Å². The molecule has 0 aliphatic carbocycles. The van der Waals surface area contributed by atoms with Gasteiger partial charge in [0.05, 0.1) is 6.33 Å². The second kappa shape index (κ2) is 13.5. The molecule has 0 saturated carbocycles. The van der Waals surface area contributed by atoms with Crippen LogP contribution in [-0.2, 0) is 25.4 Å². The predicted molar refractivity (Wildman–Crippen MR) is 132 cm³/mol. The molecule has 180 valence electrons. The lowest BCUT2D eigenvalue weighted by Gasteiger charge is -2.13. The number of imidazole rings is 1. The first kappa shape index (κ1) is 26.2. The van der Waals surface area contributed by atoms with Crippen LogP contribution >= 0.6 is 11.8 Å². The van der Waals surface area contributed by atoms with Crippen LogP contribution in [0.1, 0.15) is 71.1 Å². The molecule has 32 heavy (non-hydrogen) atoms. The number of aromatic nitrogens is 4. The number of nitrogens with zero attached hydrogens (tertiary/aromatic N) is 4. The van der Waals surface area contributed by atoms with Crippen molar-refractivity contribution in [3.63, 3.8) is 0 Å². The number of amides is 1. The number of carbonyl (C=O) groups excluding carboxylic acids is 1. The Bertz CT molecular complexity index is 978. The summed E-state index contributed by atoms with van der Waals surface area (Å²) in [7, 11) is 3.43. The van der Waals surface area contributed by atoms with Gasteiger partial charge in [-0.3, -0.25) is 18.7 Å². The first-order valence-corrected chi connectivity index (χ1v) is 13.1. The molecule has 9 heteroatoms. The molecule has 0 aliphatic heterocycles. The highest BCUT2D eigenvalue weighted by molar-refractivity contribution is 7.98. The maximum atomic E-state index is 12.7. The monoisotopic (exact) mass is 465 g/mol. The van der Waals surface area contributed by atoms with Crippen LogP contribution in [0.5, 0.6) is 0 Å². The van der Waals surface area contributed by atoms with Crippen LogP contribution in [0.15, 0.2) is 15.9 Å². The molecule has 0 aliphatic rings. The number of aryl methyl sites for hydroxylation is 2. The Hall–Kier alpha value is -2.03. The van der Waals surface area contributed by atoms with Crippen molar-refractivity contribution < 1.29 is 4.79 Å². The summed E-state index contributed by atoms with van der Waals surface area (Å²) in [6.45, 7) is 2.51. The largest absolute Gasteiger partial charge is 0.354 e. The summed E-state index contributed by atoms with van der Waals surface area (Å²) in [6.07, 6.45) is 13.7. The van der Waals surface area contributed by atoms with Crippen LogP contribution in [0, 0.1) is 0 Å².